The zero-order valence-electron chi connectivity index (χ0n) is 9.01. The molecule has 14 heavy (non-hydrogen) atoms. The van der Waals surface area contributed by atoms with Crippen LogP contribution in [-0.4, -0.2) is 18.7 Å². The minimum atomic E-state index is -0.344. The van der Waals surface area contributed by atoms with E-state index in [-0.39, 0.29) is 18.7 Å². The van der Waals surface area contributed by atoms with Gasteiger partial charge in [-0.05, 0) is 33.1 Å². The monoisotopic (exact) mass is 202 g/mol. The van der Waals surface area contributed by atoms with Crippen molar-refractivity contribution in [1.29, 1.82) is 0 Å². The maximum absolute atomic E-state index is 11.7. The number of rotatable bonds is 7. The van der Waals surface area contributed by atoms with Gasteiger partial charge in [0.15, 0.2) is 0 Å². The van der Waals surface area contributed by atoms with E-state index < -0.39 is 0 Å². The van der Waals surface area contributed by atoms with Gasteiger partial charge < -0.3 is 4.74 Å². The summed E-state index contributed by atoms with van der Waals surface area (Å²) < 4.78 is 16.8. The Morgan fingerprint density at radius 1 is 1.43 bits per heavy atom. The molecule has 0 aliphatic heterocycles. The summed E-state index contributed by atoms with van der Waals surface area (Å²) in [6, 6.07) is 0. The lowest BCUT2D eigenvalue weighted by Crippen LogP contribution is -2.15. The first-order valence-corrected chi connectivity index (χ1v) is 5.00. The fourth-order valence-electron chi connectivity index (χ4n) is 1.05. The van der Waals surface area contributed by atoms with Crippen LogP contribution in [0.3, 0.4) is 0 Å². The predicted octanol–water partition coefficient (Wildman–Crippen LogP) is 3.02. The van der Waals surface area contributed by atoms with Crippen molar-refractivity contribution < 1.29 is 13.9 Å². The van der Waals surface area contributed by atoms with Crippen molar-refractivity contribution >= 4 is 5.97 Å². The average molecular weight is 202 g/mol. The Hall–Kier alpha value is -0.860. The Balaban J connectivity index is 3.50. The largest absolute Gasteiger partial charge is 0.459 e. The molecule has 0 saturated heterocycles. The van der Waals surface area contributed by atoms with Crippen LogP contribution >= 0.6 is 0 Å². The van der Waals surface area contributed by atoms with Gasteiger partial charge in [-0.3, -0.25) is 4.39 Å². The second-order valence-corrected chi connectivity index (χ2v) is 3.53. The Morgan fingerprint density at radius 3 is 2.57 bits per heavy atom. The van der Waals surface area contributed by atoms with Crippen LogP contribution in [0.4, 0.5) is 4.39 Å². The molecule has 2 nitrogen and oxygen atoms in total. The Morgan fingerprint density at radius 2 is 2.07 bits per heavy atom. The van der Waals surface area contributed by atoms with Gasteiger partial charge in [0.05, 0.1) is 12.8 Å². The highest BCUT2D eigenvalue weighted by atomic mass is 19.1. The van der Waals surface area contributed by atoms with E-state index in [2.05, 4.69) is 6.58 Å². The van der Waals surface area contributed by atoms with Crippen molar-refractivity contribution in [3.05, 3.63) is 12.2 Å². The molecule has 0 bridgehead atoms. The average Bonchev–Trinajstić information content (AvgIpc) is 2.12. The van der Waals surface area contributed by atoms with Crippen LogP contribution in [0.15, 0.2) is 12.2 Å². The fourth-order valence-corrected chi connectivity index (χ4v) is 1.05. The van der Waals surface area contributed by atoms with Crippen LogP contribution in [0.1, 0.15) is 39.5 Å². The zero-order valence-corrected chi connectivity index (χ0v) is 9.01. The molecule has 0 rings (SSSR count). The fraction of sp³-hybridized carbons (Fsp3) is 0.727. The van der Waals surface area contributed by atoms with E-state index in [1.54, 1.807) is 6.92 Å². The number of carbonyl (C=O) groups excluding carboxylic acids is 1. The normalized spacial score (nSPS) is 12.2. The van der Waals surface area contributed by atoms with Crippen molar-refractivity contribution in [2.75, 3.05) is 6.67 Å². The molecule has 1 unspecified atom stereocenters. The van der Waals surface area contributed by atoms with E-state index in [4.69, 9.17) is 4.74 Å². The number of ether oxygens (including phenoxy) is 1. The summed E-state index contributed by atoms with van der Waals surface area (Å²) in [5, 5.41) is 0. The number of esters is 1. The number of alkyl halides is 1. The van der Waals surface area contributed by atoms with E-state index in [1.165, 1.54) is 0 Å². The summed E-state index contributed by atoms with van der Waals surface area (Å²) in [6.07, 6.45) is 3.04. The van der Waals surface area contributed by atoms with Gasteiger partial charge in [0, 0.05) is 5.57 Å². The molecule has 0 N–H and O–H groups in total. The van der Waals surface area contributed by atoms with Crippen molar-refractivity contribution in [3.8, 4) is 0 Å². The quantitative estimate of drug-likeness (QED) is 0.360. The molecular formula is C11H19FO2. The molecule has 0 saturated carbocycles. The first kappa shape index (κ1) is 13.1. The van der Waals surface area contributed by atoms with Gasteiger partial charge in [0.2, 0.25) is 0 Å². The first-order chi connectivity index (χ1) is 6.57. The standard InChI is InChI=1S/C11H19FO2/c1-9(2)11(13)14-10(3)7-5-4-6-8-12/h10H,1,4-8H2,2-3H3. The highest BCUT2D eigenvalue weighted by molar-refractivity contribution is 5.87. The van der Waals surface area contributed by atoms with Crippen LogP contribution in [0.25, 0.3) is 0 Å². The van der Waals surface area contributed by atoms with Gasteiger partial charge in [-0.15, -0.1) is 0 Å². The molecule has 0 amide bonds. The van der Waals surface area contributed by atoms with E-state index in [9.17, 15) is 9.18 Å². The number of unbranched alkanes of at least 4 members (excludes halogenated alkanes) is 2. The maximum atomic E-state index is 11.7. The topological polar surface area (TPSA) is 26.3 Å². The Bertz CT molecular complexity index is 190. The smallest absolute Gasteiger partial charge is 0.333 e. The van der Waals surface area contributed by atoms with Gasteiger partial charge in [-0.1, -0.05) is 13.0 Å². The van der Waals surface area contributed by atoms with Gasteiger partial charge >= 0.3 is 5.97 Å². The van der Waals surface area contributed by atoms with E-state index in [0.29, 0.717) is 12.0 Å². The number of halogens is 1. The molecule has 0 aromatic heterocycles. The highest BCUT2D eigenvalue weighted by Crippen LogP contribution is 2.08. The third kappa shape index (κ3) is 6.63. The van der Waals surface area contributed by atoms with Crippen molar-refractivity contribution in [2.24, 2.45) is 0 Å². The van der Waals surface area contributed by atoms with Crippen molar-refractivity contribution in [2.45, 2.75) is 45.6 Å². The van der Waals surface area contributed by atoms with Crippen LogP contribution < -0.4 is 0 Å². The molecular weight excluding hydrogens is 183 g/mol. The van der Waals surface area contributed by atoms with Crippen LogP contribution in [0.2, 0.25) is 0 Å². The highest BCUT2D eigenvalue weighted by Gasteiger charge is 2.09. The van der Waals surface area contributed by atoms with E-state index >= 15 is 0 Å². The molecule has 3 heteroatoms. The lowest BCUT2D eigenvalue weighted by Gasteiger charge is -2.12. The van der Waals surface area contributed by atoms with Crippen molar-refractivity contribution in [1.82, 2.24) is 0 Å². The second-order valence-electron chi connectivity index (χ2n) is 3.53. The zero-order chi connectivity index (χ0) is 11.0. The Labute approximate surface area is 85.1 Å². The third-order valence-corrected chi connectivity index (χ3v) is 1.90. The van der Waals surface area contributed by atoms with E-state index in [1.807, 2.05) is 6.92 Å². The predicted molar refractivity (Wildman–Crippen MR) is 54.8 cm³/mol. The number of hydrogen-bond donors (Lipinski definition) is 0. The molecule has 0 fully saturated rings. The first-order valence-electron chi connectivity index (χ1n) is 5.00. The van der Waals surface area contributed by atoms with Crippen LogP contribution in [0, 0.1) is 0 Å². The summed E-state index contributed by atoms with van der Waals surface area (Å²) in [4.78, 5) is 11.1. The Kier molecular flexibility index (Phi) is 7.07. The number of hydrogen-bond acceptors (Lipinski definition) is 2. The number of carbonyl (C=O) groups is 1. The molecule has 0 heterocycles. The second kappa shape index (κ2) is 7.54. The minimum Gasteiger partial charge on any atom is -0.459 e. The van der Waals surface area contributed by atoms with Gasteiger partial charge in [0.1, 0.15) is 0 Å². The van der Waals surface area contributed by atoms with Gasteiger partial charge in [-0.2, -0.15) is 0 Å². The van der Waals surface area contributed by atoms with Crippen LogP contribution in [0.5, 0.6) is 0 Å². The lowest BCUT2D eigenvalue weighted by atomic mass is 10.1. The lowest BCUT2D eigenvalue weighted by molar-refractivity contribution is -0.143. The molecule has 1 atom stereocenters. The molecule has 0 radical (unpaired) electrons. The summed E-state index contributed by atoms with van der Waals surface area (Å²) in [7, 11) is 0. The van der Waals surface area contributed by atoms with E-state index in [0.717, 1.165) is 19.3 Å². The molecule has 0 aromatic carbocycles. The molecule has 0 spiro atoms. The summed E-state index contributed by atoms with van der Waals surface area (Å²) >= 11 is 0. The summed E-state index contributed by atoms with van der Waals surface area (Å²) in [6.45, 7) is 6.70. The third-order valence-electron chi connectivity index (χ3n) is 1.90. The SMILES string of the molecule is C=C(C)C(=O)OC(C)CCCCCF. The molecule has 0 aliphatic rings. The minimum absolute atomic E-state index is 0.0983. The summed E-state index contributed by atoms with van der Waals surface area (Å²) in [5.74, 6) is -0.344. The summed E-state index contributed by atoms with van der Waals surface area (Å²) in [5.41, 5.74) is 0.417. The molecule has 0 aliphatic carbocycles. The van der Waals surface area contributed by atoms with Gasteiger partial charge in [0.25, 0.3) is 0 Å². The molecule has 0 aromatic rings. The maximum Gasteiger partial charge on any atom is 0.333 e. The van der Waals surface area contributed by atoms with Crippen LogP contribution in [-0.2, 0) is 9.53 Å². The van der Waals surface area contributed by atoms with Crippen molar-refractivity contribution in [3.63, 3.8) is 0 Å². The molecule has 82 valence electrons. The van der Waals surface area contributed by atoms with Gasteiger partial charge in [-0.25, -0.2) is 4.79 Å².